The highest BCUT2D eigenvalue weighted by atomic mass is 19.1. The van der Waals surface area contributed by atoms with Crippen molar-refractivity contribution in [2.45, 2.75) is 19.4 Å². The van der Waals surface area contributed by atoms with Gasteiger partial charge in [-0.2, -0.15) is 0 Å². The Balaban J connectivity index is 2.60. The van der Waals surface area contributed by atoms with Gasteiger partial charge in [0.2, 0.25) is 0 Å². The fourth-order valence-electron chi connectivity index (χ4n) is 1.71. The van der Waals surface area contributed by atoms with Gasteiger partial charge in [-0.05, 0) is 18.6 Å². The second-order valence-electron chi connectivity index (χ2n) is 3.35. The number of fused-ring (bicyclic) bond motifs is 1. The van der Waals surface area contributed by atoms with Crippen molar-refractivity contribution in [3.8, 4) is 5.75 Å². The van der Waals surface area contributed by atoms with Crippen molar-refractivity contribution in [3.63, 3.8) is 0 Å². The zero-order chi connectivity index (χ0) is 9.42. The van der Waals surface area contributed by atoms with Crippen LogP contribution in [0.2, 0.25) is 0 Å². The molecule has 70 valence electrons. The summed E-state index contributed by atoms with van der Waals surface area (Å²) in [6.07, 6.45) is 0.761. The Morgan fingerprint density at radius 1 is 1.54 bits per heavy atom. The van der Waals surface area contributed by atoms with Gasteiger partial charge in [-0.15, -0.1) is 0 Å². The smallest absolute Gasteiger partial charge is 0.165 e. The molecule has 2 N–H and O–H groups in total. The topological polar surface area (TPSA) is 35.2 Å². The average molecular weight is 181 g/mol. The lowest BCUT2D eigenvalue weighted by Crippen LogP contribution is -2.22. The molecule has 0 aliphatic carbocycles. The van der Waals surface area contributed by atoms with Crippen LogP contribution in [-0.2, 0) is 0 Å². The van der Waals surface area contributed by atoms with E-state index in [4.69, 9.17) is 10.5 Å². The lowest BCUT2D eigenvalue weighted by atomic mass is 9.96. The Hall–Kier alpha value is -1.09. The summed E-state index contributed by atoms with van der Waals surface area (Å²) < 4.78 is 18.5. The maximum absolute atomic E-state index is 13.2. The van der Waals surface area contributed by atoms with Crippen molar-refractivity contribution in [2.75, 3.05) is 6.61 Å². The van der Waals surface area contributed by atoms with E-state index in [1.54, 1.807) is 6.07 Å². The zero-order valence-electron chi connectivity index (χ0n) is 7.51. The van der Waals surface area contributed by atoms with Crippen LogP contribution < -0.4 is 10.5 Å². The highest BCUT2D eigenvalue weighted by Crippen LogP contribution is 2.35. The summed E-state index contributed by atoms with van der Waals surface area (Å²) in [5.41, 5.74) is 7.70. The van der Waals surface area contributed by atoms with Gasteiger partial charge in [0.1, 0.15) is 0 Å². The predicted molar refractivity (Wildman–Crippen MR) is 48.2 cm³/mol. The summed E-state index contributed by atoms with van der Waals surface area (Å²) in [6, 6.07) is 3.08. The van der Waals surface area contributed by atoms with E-state index in [1.807, 2.05) is 6.92 Å². The van der Waals surface area contributed by atoms with Crippen molar-refractivity contribution in [1.82, 2.24) is 0 Å². The van der Waals surface area contributed by atoms with E-state index in [0.29, 0.717) is 12.4 Å². The normalized spacial score (nSPS) is 20.7. The lowest BCUT2D eigenvalue weighted by Gasteiger charge is -2.24. The number of rotatable bonds is 0. The molecule has 1 aromatic carbocycles. The van der Waals surface area contributed by atoms with Gasteiger partial charge in [-0.1, -0.05) is 6.07 Å². The van der Waals surface area contributed by atoms with Crippen LogP contribution in [0.25, 0.3) is 0 Å². The number of nitrogens with two attached hydrogens (primary N) is 1. The first-order valence-corrected chi connectivity index (χ1v) is 4.37. The van der Waals surface area contributed by atoms with Crippen molar-refractivity contribution in [3.05, 3.63) is 29.1 Å². The summed E-state index contributed by atoms with van der Waals surface area (Å²) in [5.74, 6) is 0.0366. The summed E-state index contributed by atoms with van der Waals surface area (Å²) in [5, 5.41) is 0. The van der Waals surface area contributed by atoms with E-state index < -0.39 is 0 Å². The van der Waals surface area contributed by atoms with Crippen molar-refractivity contribution >= 4 is 0 Å². The molecule has 0 fully saturated rings. The van der Waals surface area contributed by atoms with Gasteiger partial charge in [0.15, 0.2) is 11.6 Å². The molecule has 0 saturated heterocycles. The molecule has 2 nitrogen and oxygen atoms in total. The van der Waals surface area contributed by atoms with Crippen LogP contribution in [0.5, 0.6) is 5.75 Å². The van der Waals surface area contributed by atoms with Gasteiger partial charge in [-0.3, -0.25) is 0 Å². The minimum Gasteiger partial charge on any atom is -0.490 e. The van der Waals surface area contributed by atoms with Crippen LogP contribution in [-0.4, -0.2) is 6.61 Å². The minimum atomic E-state index is -0.309. The Bertz CT molecular complexity index is 338. The molecule has 0 bridgehead atoms. The van der Waals surface area contributed by atoms with E-state index in [0.717, 1.165) is 17.5 Å². The van der Waals surface area contributed by atoms with Gasteiger partial charge >= 0.3 is 0 Å². The molecule has 13 heavy (non-hydrogen) atoms. The quantitative estimate of drug-likeness (QED) is 0.663. The average Bonchev–Trinajstić information content (AvgIpc) is 2.12. The minimum absolute atomic E-state index is 0.0838. The highest BCUT2D eigenvalue weighted by Gasteiger charge is 2.22. The van der Waals surface area contributed by atoms with E-state index in [2.05, 4.69) is 0 Å². The molecule has 1 aromatic rings. The first-order valence-electron chi connectivity index (χ1n) is 4.37. The van der Waals surface area contributed by atoms with Crippen molar-refractivity contribution < 1.29 is 9.13 Å². The van der Waals surface area contributed by atoms with Crippen LogP contribution in [0.1, 0.15) is 23.6 Å². The standard InChI is InChI=1S/C10H12FNO/c1-6-2-3-7(11)10-9(6)8(12)4-5-13-10/h2-3,8H,4-5,12H2,1H3/t8-/m1/s1. The molecule has 1 aliphatic rings. The van der Waals surface area contributed by atoms with E-state index >= 15 is 0 Å². The lowest BCUT2D eigenvalue weighted by molar-refractivity contribution is 0.255. The number of hydrogen-bond acceptors (Lipinski definition) is 2. The van der Waals surface area contributed by atoms with Gasteiger partial charge in [0, 0.05) is 18.0 Å². The Labute approximate surface area is 76.5 Å². The molecule has 0 amide bonds. The third-order valence-electron chi connectivity index (χ3n) is 2.41. The Kier molecular flexibility index (Phi) is 1.96. The number of aryl methyl sites for hydroxylation is 1. The number of hydrogen-bond donors (Lipinski definition) is 1. The molecule has 2 rings (SSSR count). The predicted octanol–water partition coefficient (Wildman–Crippen LogP) is 1.92. The maximum atomic E-state index is 13.2. The van der Waals surface area contributed by atoms with Crippen LogP contribution in [0, 0.1) is 12.7 Å². The third-order valence-corrected chi connectivity index (χ3v) is 2.41. The molecular weight excluding hydrogens is 169 g/mol. The zero-order valence-corrected chi connectivity index (χ0v) is 7.51. The molecule has 1 heterocycles. The molecule has 3 heteroatoms. The van der Waals surface area contributed by atoms with Gasteiger partial charge in [0.05, 0.1) is 6.61 Å². The summed E-state index contributed by atoms with van der Waals surface area (Å²) in [4.78, 5) is 0. The monoisotopic (exact) mass is 181 g/mol. The SMILES string of the molecule is Cc1ccc(F)c2c1[C@H](N)CCO2. The van der Waals surface area contributed by atoms with E-state index in [-0.39, 0.29) is 11.9 Å². The summed E-state index contributed by atoms with van der Waals surface area (Å²) in [6.45, 7) is 2.43. The van der Waals surface area contributed by atoms with Gasteiger partial charge in [0.25, 0.3) is 0 Å². The van der Waals surface area contributed by atoms with Crippen LogP contribution in [0.4, 0.5) is 4.39 Å². The molecule has 0 spiro atoms. The molecule has 0 radical (unpaired) electrons. The fraction of sp³-hybridized carbons (Fsp3) is 0.400. The third kappa shape index (κ3) is 1.29. The number of halogens is 1. The first-order chi connectivity index (χ1) is 6.20. The van der Waals surface area contributed by atoms with Crippen LogP contribution in [0.3, 0.4) is 0 Å². The first kappa shape index (κ1) is 8.51. The molecule has 1 atom stereocenters. The molecular formula is C10H12FNO. The largest absolute Gasteiger partial charge is 0.490 e. The number of ether oxygens (including phenoxy) is 1. The number of benzene rings is 1. The molecule has 0 saturated carbocycles. The summed E-state index contributed by atoms with van der Waals surface area (Å²) in [7, 11) is 0. The van der Waals surface area contributed by atoms with Crippen LogP contribution >= 0.6 is 0 Å². The van der Waals surface area contributed by atoms with Crippen molar-refractivity contribution in [1.29, 1.82) is 0 Å². The Morgan fingerprint density at radius 2 is 2.31 bits per heavy atom. The fourth-order valence-corrected chi connectivity index (χ4v) is 1.71. The summed E-state index contributed by atoms with van der Waals surface area (Å²) >= 11 is 0. The maximum Gasteiger partial charge on any atom is 0.165 e. The molecule has 0 aromatic heterocycles. The second-order valence-corrected chi connectivity index (χ2v) is 3.35. The van der Waals surface area contributed by atoms with Gasteiger partial charge < -0.3 is 10.5 Å². The van der Waals surface area contributed by atoms with Crippen LogP contribution in [0.15, 0.2) is 12.1 Å². The highest BCUT2D eigenvalue weighted by molar-refractivity contribution is 5.44. The van der Waals surface area contributed by atoms with Crippen molar-refractivity contribution in [2.24, 2.45) is 5.73 Å². The molecule has 1 aliphatic heterocycles. The van der Waals surface area contributed by atoms with E-state index in [9.17, 15) is 4.39 Å². The molecule has 0 unspecified atom stereocenters. The Morgan fingerprint density at radius 3 is 3.00 bits per heavy atom. The van der Waals surface area contributed by atoms with E-state index in [1.165, 1.54) is 6.07 Å². The second kappa shape index (κ2) is 3.00. The van der Waals surface area contributed by atoms with Gasteiger partial charge in [-0.25, -0.2) is 4.39 Å².